The van der Waals surface area contributed by atoms with Crippen molar-refractivity contribution in [1.29, 1.82) is 0 Å². The molecule has 3 aromatic heterocycles. The van der Waals surface area contributed by atoms with Crippen molar-refractivity contribution >= 4 is 22.7 Å². The number of hydrogen-bond donors (Lipinski definition) is 2. The van der Waals surface area contributed by atoms with Gasteiger partial charge in [0.05, 0.1) is 16.8 Å². The van der Waals surface area contributed by atoms with Crippen molar-refractivity contribution in [3.8, 4) is 10.6 Å². The monoisotopic (exact) mass is 315 g/mol. The molecule has 5 heteroatoms. The van der Waals surface area contributed by atoms with E-state index in [9.17, 15) is 0 Å². The van der Waals surface area contributed by atoms with Gasteiger partial charge in [-0.3, -0.25) is 5.10 Å². The van der Waals surface area contributed by atoms with Crippen LogP contribution in [0.5, 0.6) is 0 Å². The van der Waals surface area contributed by atoms with Crippen LogP contribution in [0.25, 0.3) is 10.6 Å². The van der Waals surface area contributed by atoms with E-state index in [-0.39, 0.29) is 0 Å². The molecule has 1 unspecified atom stereocenters. The highest BCUT2D eigenvalue weighted by Gasteiger charge is 2.21. The fourth-order valence-electron chi connectivity index (χ4n) is 3.01. The summed E-state index contributed by atoms with van der Waals surface area (Å²) in [4.78, 5) is 2.81. The second kappa shape index (κ2) is 5.75. The van der Waals surface area contributed by atoms with Crippen molar-refractivity contribution in [2.24, 2.45) is 0 Å². The molecule has 0 saturated carbocycles. The normalized spacial score (nSPS) is 17.8. The Morgan fingerprint density at radius 3 is 3.19 bits per heavy atom. The maximum Gasteiger partial charge on any atom is 0.0794 e. The van der Waals surface area contributed by atoms with Gasteiger partial charge >= 0.3 is 0 Å². The minimum absolute atomic E-state index is 0.492. The first-order chi connectivity index (χ1) is 10.4. The summed E-state index contributed by atoms with van der Waals surface area (Å²) in [5.41, 5.74) is 3.91. The largest absolute Gasteiger partial charge is 0.306 e. The molecule has 3 heterocycles. The summed E-state index contributed by atoms with van der Waals surface area (Å²) in [5, 5.41) is 15.4. The highest BCUT2D eigenvalue weighted by Crippen LogP contribution is 2.34. The van der Waals surface area contributed by atoms with Gasteiger partial charge in [-0.25, -0.2) is 0 Å². The van der Waals surface area contributed by atoms with E-state index in [2.05, 4.69) is 44.5 Å². The quantitative estimate of drug-likeness (QED) is 0.750. The van der Waals surface area contributed by atoms with E-state index in [0.717, 1.165) is 12.2 Å². The number of H-pyrrole nitrogens is 1. The molecule has 1 aliphatic rings. The van der Waals surface area contributed by atoms with Crippen LogP contribution in [0.2, 0.25) is 0 Å². The molecule has 3 nitrogen and oxygen atoms in total. The zero-order valence-electron chi connectivity index (χ0n) is 11.6. The van der Waals surface area contributed by atoms with Crippen molar-refractivity contribution in [3.63, 3.8) is 0 Å². The predicted molar refractivity (Wildman–Crippen MR) is 88.7 cm³/mol. The van der Waals surface area contributed by atoms with Gasteiger partial charge in [0.25, 0.3) is 0 Å². The minimum Gasteiger partial charge on any atom is -0.306 e. The summed E-state index contributed by atoms with van der Waals surface area (Å²) < 4.78 is 0. The van der Waals surface area contributed by atoms with Crippen LogP contribution < -0.4 is 5.32 Å². The molecule has 1 atom stereocenters. The first-order valence-corrected chi connectivity index (χ1v) is 9.03. The third kappa shape index (κ3) is 2.57. The van der Waals surface area contributed by atoms with Crippen molar-refractivity contribution < 1.29 is 0 Å². The van der Waals surface area contributed by atoms with E-state index in [1.165, 1.54) is 35.3 Å². The molecule has 4 rings (SSSR count). The second-order valence-corrected chi connectivity index (χ2v) is 7.32. The first kappa shape index (κ1) is 13.2. The zero-order valence-corrected chi connectivity index (χ0v) is 13.3. The molecule has 0 saturated heterocycles. The standard InChI is InChI=1S/C16H17N3S2/c1-3-13(12-6-8-21-14(12)4-1)17-9-11-10-18-19-16(11)15-5-2-7-20-15/h2,5-8,10,13,17H,1,3-4,9H2,(H,18,19). The molecule has 2 N–H and O–H groups in total. The van der Waals surface area contributed by atoms with E-state index >= 15 is 0 Å². The first-order valence-electron chi connectivity index (χ1n) is 7.27. The number of aromatic nitrogens is 2. The van der Waals surface area contributed by atoms with Gasteiger partial charge in [0.1, 0.15) is 0 Å². The molecule has 0 spiro atoms. The number of rotatable bonds is 4. The lowest BCUT2D eigenvalue weighted by Gasteiger charge is -2.23. The molecule has 3 aromatic rings. The molecule has 0 aromatic carbocycles. The van der Waals surface area contributed by atoms with E-state index in [0.29, 0.717) is 6.04 Å². The fourth-order valence-corrected chi connectivity index (χ4v) is 4.75. The summed E-state index contributed by atoms with van der Waals surface area (Å²) in [7, 11) is 0. The highest BCUT2D eigenvalue weighted by molar-refractivity contribution is 7.13. The predicted octanol–water partition coefficient (Wildman–Crippen LogP) is 4.37. The molecule has 0 amide bonds. The topological polar surface area (TPSA) is 40.7 Å². The maximum absolute atomic E-state index is 4.22. The zero-order chi connectivity index (χ0) is 14.1. The molecular formula is C16H17N3S2. The minimum atomic E-state index is 0.492. The average Bonchev–Trinajstić information content (AvgIpc) is 3.23. The van der Waals surface area contributed by atoms with E-state index in [1.54, 1.807) is 16.2 Å². The van der Waals surface area contributed by atoms with Gasteiger partial charge in [-0.15, -0.1) is 22.7 Å². The van der Waals surface area contributed by atoms with E-state index in [4.69, 9.17) is 0 Å². The number of fused-ring (bicyclic) bond motifs is 1. The Balaban J connectivity index is 1.51. The van der Waals surface area contributed by atoms with Gasteiger partial charge in [-0.05, 0) is 47.7 Å². The summed E-state index contributed by atoms with van der Waals surface area (Å²) in [6.45, 7) is 0.865. The fraction of sp³-hybridized carbons (Fsp3) is 0.312. The van der Waals surface area contributed by atoms with Gasteiger partial charge in [-0.1, -0.05) is 6.07 Å². The van der Waals surface area contributed by atoms with Crippen molar-refractivity contribution in [2.75, 3.05) is 0 Å². The van der Waals surface area contributed by atoms with Crippen molar-refractivity contribution in [1.82, 2.24) is 15.5 Å². The number of aryl methyl sites for hydroxylation is 1. The molecule has 0 fully saturated rings. The third-order valence-corrected chi connectivity index (χ3v) is 5.96. The lowest BCUT2D eigenvalue weighted by Crippen LogP contribution is -2.23. The van der Waals surface area contributed by atoms with Gasteiger partial charge in [0.15, 0.2) is 0 Å². The second-order valence-electron chi connectivity index (χ2n) is 5.37. The molecule has 0 radical (unpaired) electrons. The molecule has 108 valence electrons. The van der Waals surface area contributed by atoms with Crippen LogP contribution in [-0.4, -0.2) is 10.2 Å². The van der Waals surface area contributed by atoms with E-state index in [1.807, 2.05) is 17.5 Å². The van der Waals surface area contributed by atoms with Crippen LogP contribution in [0.1, 0.15) is 34.9 Å². The lowest BCUT2D eigenvalue weighted by molar-refractivity contribution is 0.463. The van der Waals surface area contributed by atoms with Gasteiger partial charge < -0.3 is 5.32 Å². The maximum atomic E-state index is 4.22. The number of nitrogens with zero attached hydrogens (tertiary/aromatic N) is 1. The Morgan fingerprint density at radius 1 is 1.29 bits per heavy atom. The van der Waals surface area contributed by atoms with Gasteiger partial charge in [0.2, 0.25) is 0 Å². The number of thiophene rings is 2. The smallest absolute Gasteiger partial charge is 0.0794 e. The van der Waals surface area contributed by atoms with Crippen LogP contribution in [-0.2, 0) is 13.0 Å². The molecular weight excluding hydrogens is 298 g/mol. The Hall–Kier alpha value is -1.43. The van der Waals surface area contributed by atoms with Crippen molar-refractivity contribution in [3.05, 3.63) is 51.2 Å². The van der Waals surface area contributed by atoms with Crippen LogP contribution in [0.4, 0.5) is 0 Å². The Bertz CT molecular complexity index is 712. The summed E-state index contributed by atoms with van der Waals surface area (Å²) in [5.74, 6) is 0. The van der Waals surface area contributed by atoms with Gasteiger partial charge in [-0.2, -0.15) is 5.10 Å². The molecule has 21 heavy (non-hydrogen) atoms. The van der Waals surface area contributed by atoms with Gasteiger partial charge in [0, 0.05) is 23.0 Å². The summed E-state index contributed by atoms with van der Waals surface area (Å²) in [6, 6.07) is 6.99. The Kier molecular flexibility index (Phi) is 3.63. The molecule has 1 aliphatic carbocycles. The summed E-state index contributed by atoms with van der Waals surface area (Å²) >= 11 is 3.65. The van der Waals surface area contributed by atoms with Crippen molar-refractivity contribution in [2.45, 2.75) is 31.8 Å². The summed E-state index contributed by atoms with van der Waals surface area (Å²) in [6.07, 6.45) is 5.71. The van der Waals surface area contributed by atoms with Crippen LogP contribution in [0.15, 0.2) is 35.2 Å². The van der Waals surface area contributed by atoms with Crippen LogP contribution in [0.3, 0.4) is 0 Å². The average molecular weight is 315 g/mol. The third-order valence-electron chi connectivity index (χ3n) is 4.08. The number of aromatic amines is 1. The lowest BCUT2D eigenvalue weighted by atomic mass is 9.94. The number of hydrogen-bond acceptors (Lipinski definition) is 4. The number of nitrogens with one attached hydrogen (secondary N) is 2. The van der Waals surface area contributed by atoms with Crippen LogP contribution >= 0.6 is 22.7 Å². The van der Waals surface area contributed by atoms with E-state index < -0.39 is 0 Å². The molecule has 0 aliphatic heterocycles. The Labute approximate surface area is 132 Å². The SMILES string of the molecule is c1csc(-c2[nH]ncc2CNC2CCCc3sccc32)c1. The highest BCUT2D eigenvalue weighted by atomic mass is 32.1. The molecule has 0 bridgehead atoms. The van der Waals surface area contributed by atoms with Crippen LogP contribution in [0, 0.1) is 0 Å². The Morgan fingerprint density at radius 2 is 2.29 bits per heavy atom.